The highest BCUT2D eigenvalue weighted by Gasteiger charge is 2.29. The maximum Gasteiger partial charge on any atom is 0.163 e. The summed E-state index contributed by atoms with van der Waals surface area (Å²) in [6.07, 6.45) is 5.08. The van der Waals surface area contributed by atoms with Gasteiger partial charge in [0.25, 0.3) is 0 Å². The summed E-state index contributed by atoms with van der Waals surface area (Å²) in [5.41, 5.74) is 4.00. The van der Waals surface area contributed by atoms with Crippen LogP contribution >= 0.6 is 0 Å². The van der Waals surface area contributed by atoms with Crippen molar-refractivity contribution >= 4 is 11.0 Å². The first-order valence-electron chi connectivity index (χ1n) is 10.6. The largest absolute Gasteiger partial charge is 0.373 e. The molecule has 164 valence electrons. The van der Waals surface area contributed by atoms with Gasteiger partial charge in [-0.15, -0.1) is 0 Å². The number of nitrogens with zero attached hydrogens (tertiary/aromatic N) is 5. The molecule has 0 saturated carbocycles. The van der Waals surface area contributed by atoms with Gasteiger partial charge < -0.3 is 4.74 Å². The second-order valence-electron chi connectivity index (χ2n) is 8.34. The smallest absolute Gasteiger partial charge is 0.163 e. The summed E-state index contributed by atoms with van der Waals surface area (Å²) in [6, 6.07) is 5.47. The Bertz CT molecular complexity index is 1320. The molecule has 1 fully saturated rings. The van der Waals surface area contributed by atoms with Gasteiger partial charge in [0.1, 0.15) is 17.5 Å². The number of ether oxygens (including phenoxy) is 1. The van der Waals surface area contributed by atoms with E-state index in [4.69, 9.17) is 14.7 Å². The molecule has 0 amide bonds. The van der Waals surface area contributed by atoms with Gasteiger partial charge in [-0.25, -0.2) is 23.7 Å². The van der Waals surface area contributed by atoms with Crippen molar-refractivity contribution in [2.45, 2.75) is 38.7 Å². The normalized spacial score (nSPS) is 18.9. The Kier molecular flexibility index (Phi) is 5.17. The third-order valence-electron chi connectivity index (χ3n) is 6.08. The number of pyridine rings is 1. The van der Waals surface area contributed by atoms with Crippen LogP contribution in [-0.2, 0) is 11.8 Å². The van der Waals surface area contributed by atoms with Crippen molar-refractivity contribution in [2.75, 3.05) is 6.61 Å². The highest BCUT2D eigenvalue weighted by Crippen LogP contribution is 2.38. The lowest BCUT2D eigenvalue weighted by Gasteiger charge is -2.28. The van der Waals surface area contributed by atoms with Gasteiger partial charge in [-0.3, -0.25) is 4.68 Å². The Morgan fingerprint density at radius 2 is 1.94 bits per heavy atom. The molecule has 1 aliphatic heterocycles. The number of aryl methyl sites for hydroxylation is 3. The quantitative estimate of drug-likeness (QED) is 0.455. The fraction of sp³-hybridized carbons (Fsp3) is 0.333. The molecule has 0 spiro atoms. The molecule has 0 unspecified atom stereocenters. The number of benzene rings is 1. The second kappa shape index (κ2) is 8.02. The topological polar surface area (TPSA) is 65.7 Å². The van der Waals surface area contributed by atoms with Crippen molar-refractivity contribution < 1.29 is 13.5 Å². The summed E-state index contributed by atoms with van der Waals surface area (Å²) in [6.45, 7) is 4.42. The Balaban J connectivity index is 1.62. The Morgan fingerprint density at radius 3 is 2.69 bits per heavy atom. The van der Waals surface area contributed by atoms with E-state index in [9.17, 15) is 8.78 Å². The summed E-state index contributed by atoms with van der Waals surface area (Å²) in [5, 5.41) is 4.89. The Morgan fingerprint density at radius 1 is 1.09 bits per heavy atom. The minimum atomic E-state index is -0.658. The first-order chi connectivity index (χ1) is 15.4. The van der Waals surface area contributed by atoms with Gasteiger partial charge >= 0.3 is 0 Å². The first kappa shape index (κ1) is 20.6. The van der Waals surface area contributed by atoms with Crippen molar-refractivity contribution in [1.29, 1.82) is 0 Å². The SMILES string of the molecule is Cc1cc2c(-c3ccc(F)cc3F)nc([C@H]3CCO[C@@H](c4cnn(C)c4)C3)nc2nc1C. The van der Waals surface area contributed by atoms with Gasteiger partial charge in [0.2, 0.25) is 0 Å². The van der Waals surface area contributed by atoms with Crippen molar-refractivity contribution in [2.24, 2.45) is 7.05 Å². The van der Waals surface area contributed by atoms with E-state index in [-0.39, 0.29) is 17.6 Å². The van der Waals surface area contributed by atoms with Crippen LogP contribution in [0.3, 0.4) is 0 Å². The average molecular weight is 435 g/mol. The third-order valence-corrected chi connectivity index (χ3v) is 6.08. The molecule has 4 heterocycles. The summed E-state index contributed by atoms with van der Waals surface area (Å²) in [7, 11) is 1.87. The highest BCUT2D eigenvalue weighted by atomic mass is 19.1. The monoisotopic (exact) mass is 435 g/mol. The second-order valence-corrected chi connectivity index (χ2v) is 8.34. The maximum atomic E-state index is 14.8. The van der Waals surface area contributed by atoms with E-state index in [2.05, 4.69) is 10.1 Å². The Labute approximate surface area is 184 Å². The standard InChI is InChI=1S/C24H23F2N5O/c1-13-8-19-22(18-5-4-17(25)10-20(18)26)29-23(30-24(19)28-14(13)2)15-6-7-32-21(9-15)16-11-27-31(3)12-16/h4-5,8,10-12,15,21H,6-7,9H2,1-3H3/t15-,21+/m0/s1. The van der Waals surface area contributed by atoms with E-state index in [1.165, 1.54) is 12.1 Å². The van der Waals surface area contributed by atoms with Crippen LogP contribution in [0.1, 0.15) is 47.5 Å². The van der Waals surface area contributed by atoms with Crippen molar-refractivity contribution in [3.8, 4) is 11.3 Å². The van der Waals surface area contributed by atoms with Crippen molar-refractivity contribution in [3.05, 3.63) is 70.9 Å². The number of hydrogen-bond acceptors (Lipinski definition) is 5. The van der Waals surface area contributed by atoms with Gasteiger partial charge in [0, 0.05) is 54.0 Å². The molecule has 1 aliphatic rings. The van der Waals surface area contributed by atoms with Crippen LogP contribution in [0.5, 0.6) is 0 Å². The van der Waals surface area contributed by atoms with Crippen LogP contribution < -0.4 is 0 Å². The molecular weight excluding hydrogens is 412 g/mol. The van der Waals surface area contributed by atoms with Crippen LogP contribution in [0.4, 0.5) is 8.78 Å². The molecule has 5 rings (SSSR count). The molecule has 0 bridgehead atoms. The zero-order chi connectivity index (χ0) is 22.4. The predicted molar refractivity (Wildman–Crippen MR) is 116 cm³/mol. The summed E-state index contributed by atoms with van der Waals surface area (Å²) in [4.78, 5) is 14.2. The van der Waals surface area contributed by atoms with E-state index < -0.39 is 11.6 Å². The molecule has 1 aromatic carbocycles. The maximum absolute atomic E-state index is 14.8. The van der Waals surface area contributed by atoms with E-state index >= 15 is 0 Å². The lowest BCUT2D eigenvalue weighted by atomic mass is 9.92. The molecule has 4 aromatic rings. The lowest BCUT2D eigenvalue weighted by molar-refractivity contribution is 0.00398. The molecule has 0 N–H and O–H groups in total. The average Bonchev–Trinajstić information content (AvgIpc) is 3.21. The Hall–Kier alpha value is -3.26. The van der Waals surface area contributed by atoms with E-state index in [1.54, 1.807) is 10.9 Å². The number of aromatic nitrogens is 5. The minimum Gasteiger partial charge on any atom is -0.373 e. The van der Waals surface area contributed by atoms with Crippen molar-refractivity contribution in [1.82, 2.24) is 24.7 Å². The first-order valence-corrected chi connectivity index (χ1v) is 10.6. The van der Waals surface area contributed by atoms with E-state index in [1.807, 2.05) is 33.2 Å². The third kappa shape index (κ3) is 3.75. The zero-order valence-corrected chi connectivity index (χ0v) is 18.1. The molecular formula is C24H23F2N5O. The predicted octanol–water partition coefficient (Wildman–Crippen LogP) is 4.96. The zero-order valence-electron chi connectivity index (χ0n) is 18.1. The molecule has 32 heavy (non-hydrogen) atoms. The highest BCUT2D eigenvalue weighted by molar-refractivity contribution is 5.91. The molecule has 0 radical (unpaired) electrons. The molecule has 1 saturated heterocycles. The van der Waals surface area contributed by atoms with Crippen LogP contribution in [-0.4, -0.2) is 31.3 Å². The van der Waals surface area contributed by atoms with Gasteiger partial charge in [-0.1, -0.05) is 0 Å². The number of hydrogen-bond donors (Lipinski definition) is 0. The molecule has 3 aromatic heterocycles. The fourth-order valence-electron chi connectivity index (χ4n) is 4.20. The molecule has 8 heteroatoms. The minimum absolute atomic E-state index is 0.0176. The van der Waals surface area contributed by atoms with Crippen LogP contribution in [0, 0.1) is 25.5 Å². The molecule has 6 nitrogen and oxygen atoms in total. The number of halogens is 2. The van der Waals surface area contributed by atoms with Gasteiger partial charge in [0.05, 0.1) is 18.0 Å². The molecule has 2 atom stereocenters. The number of fused-ring (bicyclic) bond motifs is 1. The van der Waals surface area contributed by atoms with Gasteiger partial charge in [-0.05, 0) is 50.5 Å². The summed E-state index contributed by atoms with van der Waals surface area (Å²) < 4.78 is 36.0. The summed E-state index contributed by atoms with van der Waals surface area (Å²) >= 11 is 0. The van der Waals surface area contributed by atoms with E-state index in [0.29, 0.717) is 35.6 Å². The van der Waals surface area contributed by atoms with Crippen LogP contribution in [0.15, 0.2) is 36.7 Å². The van der Waals surface area contributed by atoms with Crippen LogP contribution in [0.25, 0.3) is 22.3 Å². The molecule has 0 aliphatic carbocycles. The van der Waals surface area contributed by atoms with Crippen molar-refractivity contribution in [3.63, 3.8) is 0 Å². The van der Waals surface area contributed by atoms with Gasteiger partial charge in [0.15, 0.2) is 5.65 Å². The van der Waals surface area contributed by atoms with E-state index in [0.717, 1.165) is 29.3 Å². The number of rotatable bonds is 3. The fourth-order valence-corrected chi connectivity index (χ4v) is 4.20. The van der Waals surface area contributed by atoms with Gasteiger partial charge in [-0.2, -0.15) is 5.10 Å². The summed E-state index contributed by atoms with van der Waals surface area (Å²) in [5.74, 6) is -0.665. The lowest BCUT2D eigenvalue weighted by Crippen LogP contribution is -2.20. The van der Waals surface area contributed by atoms with Crippen LogP contribution in [0.2, 0.25) is 0 Å².